The first-order valence-electron chi connectivity index (χ1n) is 7.88. The molecule has 2 aromatic rings. The van der Waals surface area contributed by atoms with E-state index in [-0.39, 0.29) is 6.04 Å². The second-order valence-corrected chi connectivity index (χ2v) is 5.90. The molecular formula is C19H23NO2. The minimum atomic E-state index is 0.0960. The van der Waals surface area contributed by atoms with Gasteiger partial charge in [0.2, 0.25) is 0 Å². The van der Waals surface area contributed by atoms with Crippen molar-refractivity contribution in [3.63, 3.8) is 0 Å². The van der Waals surface area contributed by atoms with Crippen molar-refractivity contribution in [1.82, 2.24) is 0 Å². The van der Waals surface area contributed by atoms with Crippen molar-refractivity contribution in [3.05, 3.63) is 59.7 Å². The van der Waals surface area contributed by atoms with Crippen molar-refractivity contribution in [3.8, 4) is 11.5 Å². The standard InChI is InChI=1S/C19H23NO2/c1-21-17-11-10-16(19(20)15-8-5-9-15)12-18(17)22-13-14-6-3-2-4-7-14/h2-4,6-7,10-12,15,19H,5,8-9,13,20H2,1H3/t19-/m0/s1. The molecule has 1 aliphatic carbocycles. The lowest BCUT2D eigenvalue weighted by Crippen LogP contribution is -2.26. The van der Waals surface area contributed by atoms with Crippen LogP contribution in [0.25, 0.3) is 0 Å². The molecule has 2 aromatic carbocycles. The fourth-order valence-corrected chi connectivity index (χ4v) is 2.82. The zero-order valence-electron chi connectivity index (χ0n) is 13.0. The summed E-state index contributed by atoms with van der Waals surface area (Å²) in [5.74, 6) is 2.12. The van der Waals surface area contributed by atoms with Crippen molar-refractivity contribution < 1.29 is 9.47 Å². The molecule has 0 saturated heterocycles. The van der Waals surface area contributed by atoms with E-state index in [1.807, 2.05) is 30.3 Å². The number of ether oxygens (including phenoxy) is 2. The summed E-state index contributed by atoms with van der Waals surface area (Å²) in [5, 5.41) is 0. The molecule has 0 aliphatic heterocycles. The number of benzene rings is 2. The van der Waals surface area contributed by atoms with Gasteiger partial charge < -0.3 is 15.2 Å². The van der Waals surface area contributed by atoms with Crippen LogP contribution in [0.1, 0.15) is 36.4 Å². The third kappa shape index (κ3) is 3.25. The summed E-state index contributed by atoms with van der Waals surface area (Å²) in [6, 6.07) is 16.3. The highest BCUT2D eigenvalue weighted by Gasteiger charge is 2.26. The Hall–Kier alpha value is -2.00. The predicted octanol–water partition coefficient (Wildman–Crippen LogP) is 4.07. The minimum Gasteiger partial charge on any atom is -0.493 e. The van der Waals surface area contributed by atoms with Crippen LogP contribution < -0.4 is 15.2 Å². The number of hydrogen-bond acceptors (Lipinski definition) is 3. The quantitative estimate of drug-likeness (QED) is 0.874. The van der Waals surface area contributed by atoms with Crippen LogP contribution in [0.15, 0.2) is 48.5 Å². The first-order valence-corrected chi connectivity index (χ1v) is 7.88. The van der Waals surface area contributed by atoms with E-state index in [0.717, 1.165) is 22.6 Å². The van der Waals surface area contributed by atoms with E-state index in [1.54, 1.807) is 7.11 Å². The molecule has 2 N–H and O–H groups in total. The number of methoxy groups -OCH3 is 1. The first-order chi connectivity index (χ1) is 10.8. The molecule has 1 fully saturated rings. The molecule has 0 radical (unpaired) electrons. The van der Waals surface area contributed by atoms with Gasteiger partial charge in [-0.1, -0.05) is 42.8 Å². The molecule has 1 atom stereocenters. The maximum absolute atomic E-state index is 6.37. The normalized spacial score (nSPS) is 15.9. The molecule has 0 unspecified atom stereocenters. The minimum absolute atomic E-state index is 0.0960. The SMILES string of the molecule is COc1ccc([C@@H](N)C2CCC2)cc1OCc1ccccc1. The van der Waals surface area contributed by atoms with E-state index >= 15 is 0 Å². The van der Waals surface area contributed by atoms with Gasteiger partial charge in [-0.25, -0.2) is 0 Å². The molecule has 116 valence electrons. The van der Waals surface area contributed by atoms with E-state index in [9.17, 15) is 0 Å². The third-order valence-electron chi connectivity index (χ3n) is 4.47. The Morgan fingerprint density at radius 3 is 2.50 bits per heavy atom. The zero-order chi connectivity index (χ0) is 15.4. The average molecular weight is 297 g/mol. The van der Waals surface area contributed by atoms with E-state index < -0.39 is 0 Å². The lowest BCUT2D eigenvalue weighted by Gasteiger charge is -2.31. The van der Waals surface area contributed by atoms with Gasteiger partial charge in [-0.15, -0.1) is 0 Å². The lowest BCUT2D eigenvalue weighted by atomic mass is 9.77. The Morgan fingerprint density at radius 2 is 1.86 bits per heavy atom. The van der Waals surface area contributed by atoms with Gasteiger partial charge in [0.1, 0.15) is 6.61 Å². The van der Waals surface area contributed by atoms with E-state index in [0.29, 0.717) is 12.5 Å². The summed E-state index contributed by atoms with van der Waals surface area (Å²) in [6.07, 6.45) is 3.76. The summed E-state index contributed by atoms with van der Waals surface area (Å²) < 4.78 is 11.4. The lowest BCUT2D eigenvalue weighted by molar-refractivity contribution is 0.261. The predicted molar refractivity (Wildman–Crippen MR) is 88.0 cm³/mol. The molecule has 3 heteroatoms. The van der Waals surface area contributed by atoms with Crippen LogP contribution in [0.5, 0.6) is 11.5 Å². The topological polar surface area (TPSA) is 44.5 Å². The highest BCUT2D eigenvalue weighted by atomic mass is 16.5. The van der Waals surface area contributed by atoms with E-state index in [1.165, 1.54) is 19.3 Å². The Kier molecular flexibility index (Phi) is 4.64. The second-order valence-electron chi connectivity index (χ2n) is 5.90. The fourth-order valence-electron chi connectivity index (χ4n) is 2.82. The Labute approximate surface area is 132 Å². The average Bonchev–Trinajstić information content (AvgIpc) is 2.52. The van der Waals surface area contributed by atoms with Crippen LogP contribution in [0.3, 0.4) is 0 Å². The zero-order valence-corrected chi connectivity index (χ0v) is 13.0. The van der Waals surface area contributed by atoms with Gasteiger partial charge in [0.05, 0.1) is 7.11 Å². The van der Waals surface area contributed by atoms with E-state index in [2.05, 4.69) is 18.2 Å². The number of rotatable bonds is 6. The number of nitrogens with two attached hydrogens (primary N) is 1. The molecule has 0 aromatic heterocycles. The maximum atomic E-state index is 6.37. The summed E-state index contributed by atoms with van der Waals surface area (Å²) in [4.78, 5) is 0. The van der Waals surface area contributed by atoms with Gasteiger partial charge in [-0.2, -0.15) is 0 Å². The van der Waals surface area contributed by atoms with Crippen molar-refractivity contribution in [1.29, 1.82) is 0 Å². The van der Waals surface area contributed by atoms with Gasteiger partial charge in [0, 0.05) is 6.04 Å². The van der Waals surface area contributed by atoms with Crippen molar-refractivity contribution in [2.24, 2.45) is 11.7 Å². The smallest absolute Gasteiger partial charge is 0.161 e. The summed E-state index contributed by atoms with van der Waals surface area (Å²) in [7, 11) is 1.66. The molecule has 1 saturated carbocycles. The van der Waals surface area contributed by atoms with Crippen LogP contribution in [0.4, 0.5) is 0 Å². The molecule has 1 aliphatic rings. The molecule has 0 bridgehead atoms. The van der Waals surface area contributed by atoms with Crippen LogP contribution >= 0.6 is 0 Å². The van der Waals surface area contributed by atoms with Crippen LogP contribution in [-0.4, -0.2) is 7.11 Å². The fraction of sp³-hybridized carbons (Fsp3) is 0.368. The van der Waals surface area contributed by atoms with Crippen molar-refractivity contribution in [2.75, 3.05) is 7.11 Å². The Morgan fingerprint density at radius 1 is 1.09 bits per heavy atom. The van der Waals surface area contributed by atoms with Crippen molar-refractivity contribution in [2.45, 2.75) is 31.9 Å². The highest BCUT2D eigenvalue weighted by Crippen LogP contribution is 2.38. The molecule has 0 amide bonds. The van der Waals surface area contributed by atoms with Crippen LogP contribution in [0, 0.1) is 5.92 Å². The first kappa shape index (κ1) is 14.9. The summed E-state index contributed by atoms with van der Waals surface area (Å²) >= 11 is 0. The monoisotopic (exact) mass is 297 g/mol. The van der Waals surface area contributed by atoms with Gasteiger partial charge in [0.25, 0.3) is 0 Å². The maximum Gasteiger partial charge on any atom is 0.161 e. The molecule has 0 spiro atoms. The largest absolute Gasteiger partial charge is 0.493 e. The van der Waals surface area contributed by atoms with Gasteiger partial charge in [0.15, 0.2) is 11.5 Å². The molecule has 22 heavy (non-hydrogen) atoms. The van der Waals surface area contributed by atoms with Gasteiger partial charge >= 0.3 is 0 Å². The van der Waals surface area contributed by atoms with Crippen LogP contribution in [-0.2, 0) is 6.61 Å². The number of hydrogen-bond donors (Lipinski definition) is 1. The Balaban J connectivity index is 1.75. The van der Waals surface area contributed by atoms with Gasteiger partial charge in [-0.05, 0) is 42.0 Å². The summed E-state index contributed by atoms with van der Waals surface area (Å²) in [6.45, 7) is 0.527. The summed E-state index contributed by atoms with van der Waals surface area (Å²) in [5.41, 5.74) is 8.64. The second kappa shape index (κ2) is 6.84. The molecule has 3 rings (SSSR count). The molecular weight excluding hydrogens is 274 g/mol. The molecule has 0 heterocycles. The third-order valence-corrected chi connectivity index (χ3v) is 4.47. The molecule has 3 nitrogen and oxygen atoms in total. The Bertz CT molecular complexity index is 608. The van der Waals surface area contributed by atoms with Gasteiger partial charge in [-0.3, -0.25) is 0 Å². The highest BCUT2D eigenvalue weighted by molar-refractivity contribution is 5.44. The van der Waals surface area contributed by atoms with Crippen molar-refractivity contribution >= 4 is 0 Å². The van der Waals surface area contributed by atoms with Crippen LogP contribution in [0.2, 0.25) is 0 Å². The van der Waals surface area contributed by atoms with E-state index in [4.69, 9.17) is 15.2 Å².